The molecule has 0 radical (unpaired) electrons. The minimum atomic E-state index is -0.0875. The summed E-state index contributed by atoms with van der Waals surface area (Å²) in [7, 11) is 1.63. The van der Waals surface area contributed by atoms with Crippen molar-refractivity contribution in [1.82, 2.24) is 5.32 Å². The SMILES string of the molecule is CNC(=O)c1ccc(N)cc1NC(C)C1CC1. The lowest BCUT2D eigenvalue weighted by Crippen LogP contribution is -2.23. The topological polar surface area (TPSA) is 67.2 Å². The van der Waals surface area contributed by atoms with Crippen molar-refractivity contribution in [2.24, 2.45) is 5.92 Å². The van der Waals surface area contributed by atoms with Crippen molar-refractivity contribution in [1.29, 1.82) is 0 Å². The summed E-state index contributed by atoms with van der Waals surface area (Å²) in [6, 6.07) is 5.72. The number of carbonyl (C=O) groups excluding carboxylic acids is 1. The zero-order valence-electron chi connectivity index (χ0n) is 10.3. The van der Waals surface area contributed by atoms with Gasteiger partial charge in [-0.3, -0.25) is 4.79 Å². The van der Waals surface area contributed by atoms with E-state index in [4.69, 9.17) is 5.73 Å². The molecule has 1 fully saturated rings. The third-order valence-electron chi connectivity index (χ3n) is 3.23. The number of nitrogens with two attached hydrogens (primary N) is 1. The summed E-state index contributed by atoms with van der Waals surface area (Å²) in [5, 5.41) is 6.03. The van der Waals surface area contributed by atoms with E-state index < -0.39 is 0 Å². The summed E-state index contributed by atoms with van der Waals surface area (Å²) in [6.45, 7) is 2.15. The monoisotopic (exact) mass is 233 g/mol. The average molecular weight is 233 g/mol. The van der Waals surface area contributed by atoms with E-state index in [9.17, 15) is 4.79 Å². The Balaban J connectivity index is 2.22. The number of rotatable bonds is 4. The van der Waals surface area contributed by atoms with Crippen molar-refractivity contribution in [3.63, 3.8) is 0 Å². The van der Waals surface area contributed by atoms with Gasteiger partial charge in [0.1, 0.15) is 0 Å². The fraction of sp³-hybridized carbons (Fsp3) is 0.462. The number of hydrogen-bond donors (Lipinski definition) is 3. The van der Waals surface area contributed by atoms with Gasteiger partial charge >= 0.3 is 0 Å². The first-order chi connectivity index (χ1) is 8.11. The Morgan fingerprint density at radius 2 is 2.18 bits per heavy atom. The number of anilines is 2. The number of benzene rings is 1. The van der Waals surface area contributed by atoms with Crippen LogP contribution in [0, 0.1) is 5.92 Å². The molecule has 1 aromatic rings. The zero-order chi connectivity index (χ0) is 12.4. The van der Waals surface area contributed by atoms with E-state index in [0.29, 0.717) is 17.3 Å². The van der Waals surface area contributed by atoms with E-state index in [1.807, 2.05) is 6.07 Å². The van der Waals surface area contributed by atoms with Crippen LogP contribution in [0.4, 0.5) is 11.4 Å². The van der Waals surface area contributed by atoms with Crippen LogP contribution in [0.25, 0.3) is 0 Å². The van der Waals surface area contributed by atoms with Gasteiger partial charge in [-0.05, 0) is 43.9 Å². The van der Waals surface area contributed by atoms with Gasteiger partial charge < -0.3 is 16.4 Å². The Bertz CT molecular complexity index is 427. The molecule has 1 aromatic carbocycles. The molecule has 4 heteroatoms. The highest BCUT2D eigenvalue weighted by molar-refractivity contribution is 6.00. The smallest absolute Gasteiger partial charge is 0.253 e. The number of amides is 1. The number of carbonyl (C=O) groups is 1. The number of nitrogen functional groups attached to an aromatic ring is 1. The summed E-state index contributed by atoms with van der Waals surface area (Å²) >= 11 is 0. The van der Waals surface area contributed by atoms with Crippen LogP contribution in [-0.4, -0.2) is 19.0 Å². The van der Waals surface area contributed by atoms with Crippen LogP contribution in [0.15, 0.2) is 18.2 Å². The Hall–Kier alpha value is -1.71. The number of nitrogens with one attached hydrogen (secondary N) is 2. The van der Waals surface area contributed by atoms with Crippen LogP contribution in [0.3, 0.4) is 0 Å². The fourth-order valence-electron chi connectivity index (χ4n) is 1.97. The normalized spacial score (nSPS) is 16.4. The predicted octanol–water partition coefficient (Wildman–Crippen LogP) is 1.84. The van der Waals surface area contributed by atoms with Crippen LogP contribution in [0.1, 0.15) is 30.1 Å². The molecule has 1 aliphatic rings. The second-order valence-electron chi connectivity index (χ2n) is 4.65. The molecule has 92 valence electrons. The highest BCUT2D eigenvalue weighted by Gasteiger charge is 2.28. The van der Waals surface area contributed by atoms with Crippen LogP contribution in [-0.2, 0) is 0 Å². The van der Waals surface area contributed by atoms with Crippen molar-refractivity contribution in [2.75, 3.05) is 18.1 Å². The molecule has 1 amide bonds. The van der Waals surface area contributed by atoms with Crippen LogP contribution < -0.4 is 16.4 Å². The van der Waals surface area contributed by atoms with E-state index in [0.717, 1.165) is 11.6 Å². The van der Waals surface area contributed by atoms with E-state index >= 15 is 0 Å². The lowest BCUT2D eigenvalue weighted by molar-refractivity contribution is 0.0964. The highest BCUT2D eigenvalue weighted by atomic mass is 16.1. The first-order valence-electron chi connectivity index (χ1n) is 6.00. The third-order valence-corrected chi connectivity index (χ3v) is 3.23. The van der Waals surface area contributed by atoms with Gasteiger partial charge in [-0.1, -0.05) is 0 Å². The van der Waals surface area contributed by atoms with Crippen LogP contribution >= 0.6 is 0 Å². The molecule has 0 aliphatic heterocycles. The second-order valence-corrected chi connectivity index (χ2v) is 4.65. The van der Waals surface area contributed by atoms with Gasteiger partial charge in [0, 0.05) is 24.5 Å². The standard InChI is InChI=1S/C13H19N3O/c1-8(9-3-4-9)16-12-7-10(14)5-6-11(12)13(17)15-2/h5-9,16H,3-4,14H2,1-2H3,(H,15,17). The lowest BCUT2D eigenvalue weighted by atomic mass is 10.1. The minimum Gasteiger partial charge on any atom is -0.399 e. The van der Waals surface area contributed by atoms with Crippen LogP contribution in [0.2, 0.25) is 0 Å². The van der Waals surface area contributed by atoms with Crippen molar-refractivity contribution in [3.05, 3.63) is 23.8 Å². The Morgan fingerprint density at radius 1 is 1.47 bits per heavy atom. The molecule has 0 aromatic heterocycles. The molecule has 0 bridgehead atoms. The molecule has 17 heavy (non-hydrogen) atoms. The van der Waals surface area contributed by atoms with Crippen LogP contribution in [0.5, 0.6) is 0 Å². The lowest BCUT2D eigenvalue weighted by Gasteiger charge is -2.17. The molecule has 0 spiro atoms. The average Bonchev–Trinajstić information content (AvgIpc) is 3.12. The maximum atomic E-state index is 11.7. The van der Waals surface area contributed by atoms with Crippen molar-refractivity contribution in [2.45, 2.75) is 25.8 Å². The maximum absolute atomic E-state index is 11.7. The van der Waals surface area contributed by atoms with E-state index in [2.05, 4.69) is 17.6 Å². The second kappa shape index (κ2) is 4.65. The highest BCUT2D eigenvalue weighted by Crippen LogP contribution is 2.34. The van der Waals surface area contributed by atoms with Gasteiger partial charge in [0.15, 0.2) is 0 Å². The van der Waals surface area contributed by atoms with E-state index in [1.54, 1.807) is 19.2 Å². The fourth-order valence-corrected chi connectivity index (χ4v) is 1.97. The Morgan fingerprint density at radius 3 is 2.76 bits per heavy atom. The Labute approximate surface area is 102 Å². The van der Waals surface area contributed by atoms with Gasteiger partial charge in [-0.2, -0.15) is 0 Å². The molecule has 4 nitrogen and oxygen atoms in total. The summed E-state index contributed by atoms with van der Waals surface area (Å²) in [6.07, 6.45) is 2.54. The minimum absolute atomic E-state index is 0.0875. The third kappa shape index (κ3) is 2.70. The number of hydrogen-bond acceptors (Lipinski definition) is 3. The van der Waals surface area contributed by atoms with Gasteiger partial charge in [-0.25, -0.2) is 0 Å². The van der Waals surface area contributed by atoms with Gasteiger partial charge in [0.25, 0.3) is 5.91 Å². The summed E-state index contributed by atoms with van der Waals surface area (Å²) < 4.78 is 0. The summed E-state index contributed by atoms with van der Waals surface area (Å²) in [5.74, 6) is 0.643. The Kier molecular flexibility index (Phi) is 3.22. The molecule has 1 atom stereocenters. The molecule has 0 saturated heterocycles. The molecular formula is C13H19N3O. The zero-order valence-corrected chi connectivity index (χ0v) is 10.3. The predicted molar refractivity (Wildman–Crippen MR) is 70.1 cm³/mol. The van der Waals surface area contributed by atoms with Gasteiger partial charge in [-0.15, -0.1) is 0 Å². The summed E-state index contributed by atoms with van der Waals surface area (Å²) in [4.78, 5) is 11.7. The summed E-state index contributed by atoms with van der Waals surface area (Å²) in [5.41, 5.74) is 7.90. The van der Waals surface area contributed by atoms with E-state index in [1.165, 1.54) is 12.8 Å². The largest absolute Gasteiger partial charge is 0.399 e. The molecule has 1 unspecified atom stereocenters. The maximum Gasteiger partial charge on any atom is 0.253 e. The molecular weight excluding hydrogens is 214 g/mol. The quantitative estimate of drug-likeness (QED) is 0.695. The van der Waals surface area contributed by atoms with E-state index in [-0.39, 0.29) is 5.91 Å². The first kappa shape index (κ1) is 11.8. The molecule has 1 aliphatic carbocycles. The molecule has 1 saturated carbocycles. The van der Waals surface area contributed by atoms with Crippen molar-refractivity contribution in [3.8, 4) is 0 Å². The molecule has 0 heterocycles. The molecule has 2 rings (SSSR count). The first-order valence-corrected chi connectivity index (χ1v) is 6.00. The van der Waals surface area contributed by atoms with Gasteiger partial charge in [0.2, 0.25) is 0 Å². The van der Waals surface area contributed by atoms with Crippen molar-refractivity contribution >= 4 is 17.3 Å². The van der Waals surface area contributed by atoms with Gasteiger partial charge in [0.05, 0.1) is 5.56 Å². The molecule has 4 N–H and O–H groups in total. The van der Waals surface area contributed by atoms with Crippen molar-refractivity contribution < 1.29 is 4.79 Å².